The molecular formula is C24H19NO4. The Kier molecular flexibility index (Phi) is 4.41. The van der Waals surface area contributed by atoms with Crippen LogP contribution in [0, 0.1) is 0 Å². The van der Waals surface area contributed by atoms with Gasteiger partial charge in [0, 0.05) is 11.1 Å². The standard InChI is InChI=1S/C24H19NO4/c26-24(13-17-10-11-22-23(12-17)28-16-27-22)25(19-7-2-1-3-8-19)15-20-14-18-6-4-5-9-21(18)29-20/h1-12,14H,13,15-16H2. The Balaban J connectivity index is 1.43. The molecule has 5 rings (SSSR count). The van der Waals surface area contributed by atoms with Gasteiger partial charge in [-0.2, -0.15) is 0 Å². The second kappa shape index (κ2) is 7.36. The summed E-state index contributed by atoms with van der Waals surface area (Å²) in [6, 6.07) is 25.1. The average molecular weight is 385 g/mol. The third-order valence-corrected chi connectivity index (χ3v) is 4.95. The fourth-order valence-electron chi connectivity index (χ4n) is 3.52. The van der Waals surface area contributed by atoms with Crippen molar-refractivity contribution in [2.24, 2.45) is 0 Å². The molecule has 1 aromatic heterocycles. The van der Waals surface area contributed by atoms with Crippen molar-refractivity contribution in [2.45, 2.75) is 13.0 Å². The summed E-state index contributed by atoms with van der Waals surface area (Å²) in [7, 11) is 0. The SMILES string of the molecule is O=C(Cc1ccc2c(c1)OCO2)N(Cc1cc2ccccc2o1)c1ccccc1. The summed E-state index contributed by atoms with van der Waals surface area (Å²) < 4.78 is 16.7. The largest absolute Gasteiger partial charge is 0.459 e. The first-order valence-corrected chi connectivity index (χ1v) is 9.48. The van der Waals surface area contributed by atoms with E-state index in [-0.39, 0.29) is 19.1 Å². The van der Waals surface area contributed by atoms with Gasteiger partial charge in [-0.15, -0.1) is 0 Å². The van der Waals surface area contributed by atoms with Gasteiger partial charge in [-0.3, -0.25) is 4.79 Å². The van der Waals surface area contributed by atoms with Gasteiger partial charge in [0.25, 0.3) is 0 Å². The molecule has 29 heavy (non-hydrogen) atoms. The molecule has 1 aliphatic rings. The van der Waals surface area contributed by atoms with Crippen molar-refractivity contribution in [3.63, 3.8) is 0 Å². The lowest BCUT2D eigenvalue weighted by Gasteiger charge is -2.22. The minimum atomic E-state index is -0.0180. The number of rotatable bonds is 5. The van der Waals surface area contributed by atoms with Crippen molar-refractivity contribution >= 4 is 22.6 Å². The fourth-order valence-corrected chi connectivity index (χ4v) is 3.52. The molecule has 1 amide bonds. The molecule has 0 aliphatic carbocycles. The van der Waals surface area contributed by atoms with Gasteiger partial charge in [0.2, 0.25) is 12.7 Å². The molecule has 0 saturated heterocycles. The van der Waals surface area contributed by atoms with Crippen LogP contribution in [0.2, 0.25) is 0 Å². The van der Waals surface area contributed by atoms with E-state index < -0.39 is 0 Å². The summed E-state index contributed by atoms with van der Waals surface area (Å²) in [4.78, 5) is 15.0. The topological polar surface area (TPSA) is 51.9 Å². The molecule has 0 N–H and O–H groups in total. The summed E-state index contributed by atoms with van der Waals surface area (Å²) >= 11 is 0. The fraction of sp³-hybridized carbons (Fsp3) is 0.125. The molecule has 0 saturated carbocycles. The zero-order valence-electron chi connectivity index (χ0n) is 15.7. The molecule has 0 radical (unpaired) electrons. The van der Waals surface area contributed by atoms with Crippen LogP contribution in [0.4, 0.5) is 5.69 Å². The molecule has 144 valence electrons. The number of anilines is 1. The zero-order valence-corrected chi connectivity index (χ0v) is 15.7. The molecule has 0 atom stereocenters. The number of furan rings is 1. The Hall–Kier alpha value is -3.73. The molecule has 5 heteroatoms. The molecular weight excluding hydrogens is 366 g/mol. The molecule has 0 unspecified atom stereocenters. The number of hydrogen-bond donors (Lipinski definition) is 0. The first kappa shape index (κ1) is 17.4. The Bertz CT molecular complexity index is 1130. The van der Waals surface area contributed by atoms with E-state index in [0.717, 1.165) is 28.0 Å². The van der Waals surface area contributed by atoms with E-state index >= 15 is 0 Å². The van der Waals surface area contributed by atoms with E-state index in [1.807, 2.05) is 78.9 Å². The Labute approximate surface area is 168 Å². The van der Waals surface area contributed by atoms with Gasteiger partial charge >= 0.3 is 0 Å². The van der Waals surface area contributed by atoms with Crippen LogP contribution in [0.15, 0.2) is 83.3 Å². The third-order valence-electron chi connectivity index (χ3n) is 4.95. The maximum Gasteiger partial charge on any atom is 0.231 e. The van der Waals surface area contributed by atoms with E-state index in [4.69, 9.17) is 13.9 Å². The minimum Gasteiger partial charge on any atom is -0.459 e. The number of ether oxygens (including phenoxy) is 2. The van der Waals surface area contributed by atoms with Crippen molar-refractivity contribution in [3.8, 4) is 11.5 Å². The van der Waals surface area contributed by atoms with Gasteiger partial charge < -0.3 is 18.8 Å². The van der Waals surface area contributed by atoms with Gasteiger partial charge in [-0.25, -0.2) is 0 Å². The smallest absolute Gasteiger partial charge is 0.231 e. The Morgan fingerprint density at radius 1 is 0.862 bits per heavy atom. The summed E-state index contributed by atoms with van der Waals surface area (Å²) in [6.07, 6.45) is 0.256. The predicted molar refractivity (Wildman–Crippen MR) is 110 cm³/mol. The minimum absolute atomic E-state index is 0.0180. The van der Waals surface area contributed by atoms with Crippen LogP contribution in [-0.4, -0.2) is 12.7 Å². The zero-order chi connectivity index (χ0) is 19.6. The lowest BCUT2D eigenvalue weighted by molar-refractivity contribution is -0.118. The summed E-state index contributed by atoms with van der Waals surface area (Å²) in [6.45, 7) is 0.580. The second-order valence-electron chi connectivity index (χ2n) is 6.93. The van der Waals surface area contributed by atoms with Crippen LogP contribution in [0.25, 0.3) is 11.0 Å². The maximum absolute atomic E-state index is 13.2. The van der Waals surface area contributed by atoms with Crippen molar-refractivity contribution < 1.29 is 18.7 Å². The van der Waals surface area contributed by atoms with Crippen LogP contribution in [0.1, 0.15) is 11.3 Å². The van der Waals surface area contributed by atoms with Gasteiger partial charge in [0.15, 0.2) is 11.5 Å². The van der Waals surface area contributed by atoms with Gasteiger partial charge in [0.1, 0.15) is 11.3 Å². The van der Waals surface area contributed by atoms with Gasteiger partial charge in [-0.05, 0) is 42.0 Å². The molecule has 0 spiro atoms. The molecule has 2 heterocycles. The number of carbonyl (C=O) groups excluding carboxylic acids is 1. The maximum atomic E-state index is 13.2. The highest BCUT2D eigenvalue weighted by Gasteiger charge is 2.20. The highest BCUT2D eigenvalue weighted by Crippen LogP contribution is 2.33. The van der Waals surface area contributed by atoms with E-state index in [1.165, 1.54) is 0 Å². The number of para-hydroxylation sites is 2. The third kappa shape index (κ3) is 3.55. The Morgan fingerprint density at radius 2 is 1.66 bits per heavy atom. The van der Waals surface area contributed by atoms with Crippen molar-refractivity contribution in [2.75, 3.05) is 11.7 Å². The van der Waals surface area contributed by atoms with E-state index in [9.17, 15) is 4.79 Å². The van der Waals surface area contributed by atoms with E-state index in [1.54, 1.807) is 4.90 Å². The lowest BCUT2D eigenvalue weighted by Crippen LogP contribution is -2.31. The van der Waals surface area contributed by atoms with Crippen molar-refractivity contribution in [3.05, 3.63) is 90.2 Å². The predicted octanol–water partition coefficient (Wildman–Crippen LogP) is 4.94. The highest BCUT2D eigenvalue weighted by atomic mass is 16.7. The van der Waals surface area contributed by atoms with Gasteiger partial charge in [-0.1, -0.05) is 42.5 Å². The molecule has 4 aromatic rings. The van der Waals surface area contributed by atoms with Crippen LogP contribution >= 0.6 is 0 Å². The average Bonchev–Trinajstić information content (AvgIpc) is 3.38. The van der Waals surface area contributed by atoms with Crippen LogP contribution in [0.3, 0.4) is 0 Å². The molecule has 5 nitrogen and oxygen atoms in total. The van der Waals surface area contributed by atoms with Gasteiger partial charge in [0.05, 0.1) is 13.0 Å². The van der Waals surface area contributed by atoms with E-state index in [2.05, 4.69) is 0 Å². The number of amides is 1. The number of hydrogen-bond acceptors (Lipinski definition) is 4. The Morgan fingerprint density at radius 3 is 2.52 bits per heavy atom. The summed E-state index contributed by atoms with van der Waals surface area (Å²) in [5, 5.41) is 1.03. The summed E-state index contributed by atoms with van der Waals surface area (Å²) in [5.74, 6) is 2.12. The normalized spacial score (nSPS) is 12.3. The number of carbonyl (C=O) groups is 1. The molecule has 0 fully saturated rings. The number of benzene rings is 3. The quantitative estimate of drug-likeness (QED) is 0.488. The molecule has 1 aliphatic heterocycles. The highest BCUT2D eigenvalue weighted by molar-refractivity contribution is 5.94. The van der Waals surface area contributed by atoms with Crippen molar-refractivity contribution in [1.82, 2.24) is 0 Å². The van der Waals surface area contributed by atoms with Crippen LogP contribution in [0.5, 0.6) is 11.5 Å². The van der Waals surface area contributed by atoms with Crippen LogP contribution < -0.4 is 14.4 Å². The second-order valence-corrected chi connectivity index (χ2v) is 6.93. The van der Waals surface area contributed by atoms with Crippen LogP contribution in [-0.2, 0) is 17.8 Å². The van der Waals surface area contributed by atoms with Crippen molar-refractivity contribution in [1.29, 1.82) is 0 Å². The molecule has 0 bridgehead atoms. The monoisotopic (exact) mass is 385 g/mol. The lowest BCUT2D eigenvalue weighted by atomic mass is 10.1. The first-order chi connectivity index (χ1) is 14.3. The molecule has 3 aromatic carbocycles. The van der Waals surface area contributed by atoms with E-state index in [0.29, 0.717) is 18.0 Å². The number of nitrogens with zero attached hydrogens (tertiary/aromatic N) is 1. The number of fused-ring (bicyclic) bond motifs is 2. The summed E-state index contributed by atoms with van der Waals surface area (Å²) in [5.41, 5.74) is 2.53. The first-order valence-electron chi connectivity index (χ1n) is 9.48.